The van der Waals surface area contributed by atoms with E-state index in [9.17, 15) is 4.79 Å². The van der Waals surface area contributed by atoms with Gasteiger partial charge >= 0.3 is 0 Å². The van der Waals surface area contributed by atoms with Crippen LogP contribution in [0.2, 0.25) is 5.15 Å². The first-order chi connectivity index (χ1) is 6.51. The van der Waals surface area contributed by atoms with E-state index in [0.29, 0.717) is 16.4 Å². The van der Waals surface area contributed by atoms with Gasteiger partial charge < -0.3 is 5.32 Å². The van der Waals surface area contributed by atoms with E-state index in [1.807, 2.05) is 20.9 Å². The van der Waals surface area contributed by atoms with Crippen molar-refractivity contribution in [3.8, 4) is 0 Å². The lowest BCUT2D eigenvalue weighted by Gasteiger charge is -2.24. The minimum Gasteiger partial charge on any atom is -0.310 e. The summed E-state index contributed by atoms with van der Waals surface area (Å²) in [5, 5.41) is 3.48. The molecule has 1 rings (SSSR count). The lowest BCUT2D eigenvalue weighted by atomic mass is 9.96. The van der Waals surface area contributed by atoms with Crippen LogP contribution in [-0.2, 0) is 5.54 Å². The molecule has 0 saturated carbocycles. The third-order valence-electron chi connectivity index (χ3n) is 2.24. The van der Waals surface area contributed by atoms with Gasteiger partial charge in [0.1, 0.15) is 5.15 Å². The monoisotopic (exact) mass is 212 g/mol. The van der Waals surface area contributed by atoms with Crippen LogP contribution in [0, 0.1) is 0 Å². The standard InChI is InChI=1S/C10H13ClN2O/c1-10(2,12-3)9-7(6-14)4-5-8(11)13-9/h4-6,12H,1-3H3. The van der Waals surface area contributed by atoms with Crippen molar-refractivity contribution < 1.29 is 4.79 Å². The average molecular weight is 213 g/mol. The van der Waals surface area contributed by atoms with Crippen molar-refractivity contribution in [3.05, 3.63) is 28.5 Å². The summed E-state index contributed by atoms with van der Waals surface area (Å²) in [5.41, 5.74) is 0.873. The van der Waals surface area contributed by atoms with Gasteiger partial charge in [0.25, 0.3) is 0 Å². The fraction of sp³-hybridized carbons (Fsp3) is 0.400. The van der Waals surface area contributed by atoms with Crippen LogP contribution in [0.5, 0.6) is 0 Å². The molecule has 0 aliphatic rings. The molecule has 1 aromatic heterocycles. The van der Waals surface area contributed by atoms with Gasteiger partial charge in [-0.15, -0.1) is 0 Å². The fourth-order valence-electron chi connectivity index (χ4n) is 1.16. The normalized spacial score (nSPS) is 11.4. The lowest BCUT2D eigenvalue weighted by molar-refractivity contribution is 0.112. The van der Waals surface area contributed by atoms with E-state index in [1.165, 1.54) is 0 Å². The average Bonchev–Trinajstić information content (AvgIpc) is 2.18. The summed E-state index contributed by atoms with van der Waals surface area (Å²) in [6, 6.07) is 3.29. The summed E-state index contributed by atoms with van der Waals surface area (Å²) < 4.78 is 0. The second-order valence-corrected chi connectivity index (χ2v) is 3.95. The highest BCUT2D eigenvalue weighted by molar-refractivity contribution is 6.29. The summed E-state index contributed by atoms with van der Waals surface area (Å²) >= 11 is 5.78. The number of nitrogens with one attached hydrogen (secondary N) is 1. The number of carbonyl (C=O) groups is 1. The molecular formula is C10H13ClN2O. The van der Waals surface area contributed by atoms with Crippen LogP contribution in [-0.4, -0.2) is 18.3 Å². The molecule has 0 amide bonds. The first-order valence-electron chi connectivity index (χ1n) is 4.32. The molecule has 1 heterocycles. The van der Waals surface area contributed by atoms with Gasteiger partial charge in [-0.25, -0.2) is 4.98 Å². The van der Waals surface area contributed by atoms with E-state index in [0.717, 1.165) is 6.29 Å². The number of hydrogen-bond acceptors (Lipinski definition) is 3. The van der Waals surface area contributed by atoms with Crippen molar-refractivity contribution in [1.29, 1.82) is 0 Å². The number of pyridine rings is 1. The Bertz CT molecular complexity index is 350. The van der Waals surface area contributed by atoms with Gasteiger partial charge in [0, 0.05) is 5.56 Å². The SMILES string of the molecule is CNC(C)(C)c1nc(Cl)ccc1C=O. The third-order valence-corrected chi connectivity index (χ3v) is 2.45. The second kappa shape index (κ2) is 4.07. The number of carbonyl (C=O) groups excluding carboxylic acids is 1. The lowest BCUT2D eigenvalue weighted by Crippen LogP contribution is -2.35. The molecule has 14 heavy (non-hydrogen) atoms. The first-order valence-corrected chi connectivity index (χ1v) is 4.70. The molecule has 0 fully saturated rings. The van der Waals surface area contributed by atoms with Crippen molar-refractivity contribution >= 4 is 17.9 Å². The Morgan fingerprint density at radius 3 is 2.64 bits per heavy atom. The van der Waals surface area contributed by atoms with Crippen molar-refractivity contribution in [2.45, 2.75) is 19.4 Å². The Morgan fingerprint density at radius 1 is 1.50 bits per heavy atom. The van der Waals surface area contributed by atoms with Crippen LogP contribution in [0.15, 0.2) is 12.1 Å². The maximum Gasteiger partial charge on any atom is 0.151 e. The van der Waals surface area contributed by atoms with Crippen LogP contribution < -0.4 is 5.32 Å². The van der Waals surface area contributed by atoms with E-state index in [4.69, 9.17) is 11.6 Å². The Labute approximate surface area is 88.5 Å². The molecule has 0 aliphatic heterocycles. The van der Waals surface area contributed by atoms with Gasteiger partial charge in [-0.2, -0.15) is 0 Å². The molecule has 76 valence electrons. The highest BCUT2D eigenvalue weighted by Crippen LogP contribution is 2.22. The molecule has 1 aromatic rings. The maximum absolute atomic E-state index is 10.8. The third kappa shape index (κ3) is 2.11. The zero-order chi connectivity index (χ0) is 10.8. The molecule has 3 nitrogen and oxygen atoms in total. The van der Waals surface area contributed by atoms with Crippen LogP contribution in [0.1, 0.15) is 29.9 Å². The van der Waals surface area contributed by atoms with Gasteiger partial charge in [0.05, 0.1) is 11.2 Å². The molecular weight excluding hydrogens is 200 g/mol. The molecule has 0 aliphatic carbocycles. The van der Waals surface area contributed by atoms with Crippen LogP contribution >= 0.6 is 11.6 Å². The minimum atomic E-state index is -0.360. The molecule has 0 spiro atoms. The summed E-state index contributed by atoms with van der Waals surface area (Å²) in [6.07, 6.45) is 0.789. The van der Waals surface area contributed by atoms with Crippen molar-refractivity contribution in [3.63, 3.8) is 0 Å². The van der Waals surface area contributed by atoms with Gasteiger partial charge in [0.2, 0.25) is 0 Å². The molecule has 4 heteroatoms. The van der Waals surface area contributed by atoms with E-state index >= 15 is 0 Å². The zero-order valence-electron chi connectivity index (χ0n) is 8.47. The zero-order valence-corrected chi connectivity index (χ0v) is 9.22. The summed E-state index contributed by atoms with van der Waals surface area (Å²) in [7, 11) is 1.82. The number of aldehydes is 1. The number of halogens is 1. The van der Waals surface area contributed by atoms with E-state index in [1.54, 1.807) is 12.1 Å². The Balaban J connectivity index is 3.30. The smallest absolute Gasteiger partial charge is 0.151 e. The fourth-order valence-corrected chi connectivity index (χ4v) is 1.31. The summed E-state index contributed by atoms with van der Waals surface area (Å²) in [6.45, 7) is 3.89. The molecule has 0 atom stereocenters. The van der Waals surface area contributed by atoms with Crippen LogP contribution in [0.3, 0.4) is 0 Å². The van der Waals surface area contributed by atoms with Gasteiger partial charge in [-0.3, -0.25) is 4.79 Å². The minimum absolute atomic E-state index is 0.360. The van der Waals surface area contributed by atoms with Crippen LogP contribution in [0.4, 0.5) is 0 Å². The molecule has 0 saturated heterocycles. The Hall–Kier alpha value is -0.930. The van der Waals surface area contributed by atoms with E-state index in [-0.39, 0.29) is 5.54 Å². The van der Waals surface area contributed by atoms with Crippen molar-refractivity contribution in [1.82, 2.24) is 10.3 Å². The van der Waals surface area contributed by atoms with E-state index in [2.05, 4.69) is 10.3 Å². The van der Waals surface area contributed by atoms with Crippen LogP contribution in [0.25, 0.3) is 0 Å². The largest absolute Gasteiger partial charge is 0.310 e. The molecule has 0 bridgehead atoms. The van der Waals surface area contributed by atoms with Gasteiger partial charge in [-0.1, -0.05) is 11.6 Å². The molecule has 0 radical (unpaired) electrons. The molecule has 0 unspecified atom stereocenters. The predicted molar refractivity (Wildman–Crippen MR) is 56.7 cm³/mol. The number of aromatic nitrogens is 1. The molecule has 1 N–H and O–H groups in total. The highest BCUT2D eigenvalue weighted by atomic mass is 35.5. The number of hydrogen-bond donors (Lipinski definition) is 1. The first kappa shape index (κ1) is 11.1. The Kier molecular flexibility index (Phi) is 3.24. The Morgan fingerprint density at radius 2 is 2.14 bits per heavy atom. The van der Waals surface area contributed by atoms with Gasteiger partial charge in [0.15, 0.2) is 6.29 Å². The second-order valence-electron chi connectivity index (χ2n) is 3.56. The molecule has 0 aromatic carbocycles. The predicted octanol–water partition coefficient (Wildman–Crippen LogP) is 2.00. The van der Waals surface area contributed by atoms with E-state index < -0.39 is 0 Å². The maximum atomic E-state index is 10.8. The van der Waals surface area contributed by atoms with Crippen molar-refractivity contribution in [2.75, 3.05) is 7.05 Å². The summed E-state index contributed by atoms with van der Waals surface area (Å²) in [4.78, 5) is 14.9. The highest BCUT2D eigenvalue weighted by Gasteiger charge is 2.23. The number of nitrogens with zero attached hydrogens (tertiary/aromatic N) is 1. The topological polar surface area (TPSA) is 42.0 Å². The van der Waals surface area contributed by atoms with Gasteiger partial charge in [-0.05, 0) is 33.0 Å². The summed E-state index contributed by atoms with van der Waals surface area (Å²) in [5.74, 6) is 0. The quantitative estimate of drug-likeness (QED) is 0.616. The van der Waals surface area contributed by atoms with Crippen molar-refractivity contribution in [2.24, 2.45) is 0 Å². The number of rotatable bonds is 3.